The van der Waals surface area contributed by atoms with Crippen molar-refractivity contribution in [2.75, 3.05) is 33.4 Å². The number of unbranched alkanes of at least 4 members (excludes halogenated alkanes) is 1. The molecule has 3 heterocycles. The average molecular weight is 454 g/mol. The summed E-state index contributed by atoms with van der Waals surface area (Å²) in [5.74, 6) is 0.961. The van der Waals surface area contributed by atoms with Crippen LogP contribution in [0, 0.1) is 0 Å². The molecular formula is C25H35N5O3. The van der Waals surface area contributed by atoms with Crippen molar-refractivity contribution in [2.24, 2.45) is 0 Å². The summed E-state index contributed by atoms with van der Waals surface area (Å²) in [6.07, 6.45) is 6.44. The largest absolute Gasteiger partial charge is 0.383 e. The molecule has 0 atom stereocenters. The van der Waals surface area contributed by atoms with E-state index in [0.717, 1.165) is 56.0 Å². The van der Waals surface area contributed by atoms with E-state index in [1.807, 2.05) is 36.5 Å². The number of carbonyl (C=O) groups is 2. The number of ether oxygens (including phenoxy) is 1. The normalized spacial score (nSPS) is 18.6. The summed E-state index contributed by atoms with van der Waals surface area (Å²) in [7, 11) is 1.59. The van der Waals surface area contributed by atoms with Gasteiger partial charge in [-0.2, -0.15) is 0 Å². The van der Waals surface area contributed by atoms with Crippen molar-refractivity contribution in [1.29, 1.82) is 0 Å². The minimum atomic E-state index is -0.780. The first-order valence-electron chi connectivity index (χ1n) is 12.0. The average Bonchev–Trinajstić information content (AvgIpc) is 3.36. The molecular weight excluding hydrogens is 418 g/mol. The highest BCUT2D eigenvalue weighted by atomic mass is 16.5. The van der Waals surface area contributed by atoms with Crippen LogP contribution in [0.5, 0.6) is 0 Å². The van der Waals surface area contributed by atoms with Crippen molar-refractivity contribution in [3.8, 4) is 0 Å². The van der Waals surface area contributed by atoms with E-state index in [4.69, 9.17) is 4.74 Å². The molecule has 2 saturated heterocycles. The maximum Gasteiger partial charge on any atom is 0.328 e. The number of likely N-dealkylation sites (tertiary alicyclic amines) is 1. The molecule has 8 heteroatoms. The summed E-state index contributed by atoms with van der Waals surface area (Å²) in [5.41, 5.74) is 1.36. The molecule has 2 fully saturated rings. The number of methoxy groups -OCH3 is 1. The zero-order chi connectivity index (χ0) is 23.3. The summed E-state index contributed by atoms with van der Waals surface area (Å²) < 4.78 is 5.16. The number of aryl methyl sites for hydroxylation is 1. The Morgan fingerprint density at radius 3 is 2.58 bits per heavy atom. The molecule has 33 heavy (non-hydrogen) atoms. The van der Waals surface area contributed by atoms with Gasteiger partial charge in [0.15, 0.2) is 0 Å². The van der Waals surface area contributed by atoms with E-state index in [0.29, 0.717) is 32.5 Å². The van der Waals surface area contributed by atoms with Gasteiger partial charge in [-0.1, -0.05) is 43.7 Å². The molecule has 0 unspecified atom stereocenters. The van der Waals surface area contributed by atoms with E-state index in [9.17, 15) is 9.59 Å². The summed E-state index contributed by atoms with van der Waals surface area (Å²) in [6, 6.07) is 9.70. The second-order valence-electron chi connectivity index (χ2n) is 9.07. The molecule has 4 rings (SSSR count). The van der Waals surface area contributed by atoms with E-state index < -0.39 is 5.54 Å². The molecule has 0 radical (unpaired) electrons. The molecule has 0 saturated carbocycles. The Bertz CT molecular complexity index is 937. The zero-order valence-electron chi connectivity index (χ0n) is 19.8. The quantitative estimate of drug-likeness (QED) is 0.559. The number of amides is 3. The topological polar surface area (TPSA) is 81.8 Å². The van der Waals surface area contributed by atoms with Crippen LogP contribution >= 0.6 is 0 Å². The molecule has 8 nitrogen and oxygen atoms in total. The van der Waals surface area contributed by atoms with Gasteiger partial charge in [0.25, 0.3) is 5.91 Å². The number of imide groups is 1. The van der Waals surface area contributed by atoms with Crippen molar-refractivity contribution in [3.63, 3.8) is 0 Å². The number of benzene rings is 1. The third kappa shape index (κ3) is 4.96. The Morgan fingerprint density at radius 1 is 1.12 bits per heavy atom. The predicted octanol–water partition coefficient (Wildman–Crippen LogP) is 3.20. The van der Waals surface area contributed by atoms with Gasteiger partial charge in [-0.15, -0.1) is 0 Å². The van der Waals surface area contributed by atoms with Crippen molar-refractivity contribution < 1.29 is 14.3 Å². The lowest BCUT2D eigenvalue weighted by Crippen LogP contribution is -2.56. The van der Waals surface area contributed by atoms with E-state index in [1.165, 1.54) is 4.90 Å². The number of carbonyl (C=O) groups excluding carboxylic acids is 2. The van der Waals surface area contributed by atoms with Crippen LogP contribution in [-0.2, 0) is 29.0 Å². The second-order valence-corrected chi connectivity index (χ2v) is 9.07. The highest BCUT2D eigenvalue weighted by Gasteiger charge is 2.57. The lowest BCUT2D eigenvalue weighted by molar-refractivity contribution is -0.136. The number of nitrogens with one attached hydrogen (secondary N) is 1. The first-order chi connectivity index (χ1) is 16.1. The minimum Gasteiger partial charge on any atom is -0.383 e. The minimum absolute atomic E-state index is 0.0801. The van der Waals surface area contributed by atoms with Gasteiger partial charge in [-0.3, -0.25) is 14.6 Å². The third-order valence-electron chi connectivity index (χ3n) is 6.85. The van der Waals surface area contributed by atoms with Gasteiger partial charge in [-0.25, -0.2) is 9.78 Å². The van der Waals surface area contributed by atoms with Gasteiger partial charge < -0.3 is 14.6 Å². The number of nitrogens with zero attached hydrogens (tertiary/aromatic N) is 4. The van der Waals surface area contributed by atoms with Crippen molar-refractivity contribution in [3.05, 3.63) is 53.6 Å². The van der Waals surface area contributed by atoms with E-state index in [2.05, 4.69) is 21.8 Å². The fraction of sp³-hybridized carbons (Fsp3) is 0.560. The highest BCUT2D eigenvalue weighted by Crippen LogP contribution is 2.38. The molecule has 0 bridgehead atoms. The molecule has 2 aliphatic rings. The lowest BCUT2D eigenvalue weighted by atomic mass is 9.85. The predicted molar refractivity (Wildman–Crippen MR) is 125 cm³/mol. The molecule has 1 aromatic heterocycles. The fourth-order valence-electron chi connectivity index (χ4n) is 4.91. The number of aromatic nitrogens is 2. The second kappa shape index (κ2) is 10.5. The Balaban J connectivity index is 1.46. The molecule has 178 valence electrons. The molecule has 0 aliphatic carbocycles. The van der Waals surface area contributed by atoms with Crippen LogP contribution in [0.3, 0.4) is 0 Å². The van der Waals surface area contributed by atoms with Crippen molar-refractivity contribution in [1.82, 2.24) is 24.7 Å². The van der Waals surface area contributed by atoms with Crippen LogP contribution in [0.1, 0.15) is 49.7 Å². The van der Waals surface area contributed by atoms with Crippen LogP contribution in [0.4, 0.5) is 4.79 Å². The summed E-state index contributed by atoms with van der Waals surface area (Å²) in [5, 5.41) is 0. The number of H-pyrrole nitrogens is 1. The zero-order valence-corrected chi connectivity index (χ0v) is 19.8. The van der Waals surface area contributed by atoms with Gasteiger partial charge in [0, 0.05) is 51.6 Å². The molecule has 1 spiro atoms. The van der Waals surface area contributed by atoms with E-state index in [-0.39, 0.29) is 11.9 Å². The van der Waals surface area contributed by atoms with Crippen molar-refractivity contribution in [2.45, 2.75) is 57.7 Å². The molecule has 1 N–H and O–H groups in total. The van der Waals surface area contributed by atoms with Gasteiger partial charge >= 0.3 is 6.03 Å². The lowest BCUT2D eigenvalue weighted by Gasteiger charge is -2.42. The SMILES string of the molecule is CCCCc1ncc(CN2CCC3(CC2)C(=O)N(CCOC)C(=O)N3Cc2ccccc2)[nH]1. The van der Waals surface area contributed by atoms with Gasteiger partial charge in [0.2, 0.25) is 0 Å². The van der Waals surface area contributed by atoms with Crippen LogP contribution in [0.15, 0.2) is 36.5 Å². The monoisotopic (exact) mass is 453 g/mol. The summed E-state index contributed by atoms with van der Waals surface area (Å²) in [4.78, 5) is 40.3. The maximum atomic E-state index is 13.5. The fourth-order valence-corrected chi connectivity index (χ4v) is 4.91. The van der Waals surface area contributed by atoms with Crippen LogP contribution in [0.25, 0.3) is 0 Å². The van der Waals surface area contributed by atoms with Gasteiger partial charge in [0.05, 0.1) is 13.2 Å². The van der Waals surface area contributed by atoms with E-state index >= 15 is 0 Å². The molecule has 1 aromatic carbocycles. The van der Waals surface area contributed by atoms with Crippen LogP contribution in [0.2, 0.25) is 0 Å². The first-order valence-corrected chi connectivity index (χ1v) is 12.0. The number of urea groups is 1. The van der Waals surface area contributed by atoms with Crippen LogP contribution in [-0.4, -0.2) is 75.5 Å². The van der Waals surface area contributed by atoms with Crippen molar-refractivity contribution >= 4 is 11.9 Å². The Kier molecular flexibility index (Phi) is 7.45. The number of hydrogen-bond acceptors (Lipinski definition) is 5. The first kappa shape index (κ1) is 23.4. The molecule has 3 amide bonds. The number of imidazole rings is 1. The summed E-state index contributed by atoms with van der Waals surface area (Å²) >= 11 is 0. The summed E-state index contributed by atoms with van der Waals surface area (Å²) in [6.45, 7) is 5.55. The molecule has 2 aliphatic heterocycles. The number of rotatable bonds is 10. The van der Waals surface area contributed by atoms with Gasteiger partial charge in [0.1, 0.15) is 11.4 Å². The Morgan fingerprint density at radius 2 is 1.88 bits per heavy atom. The standard InChI is InChI=1S/C25H35N5O3/c1-3-4-10-22-26-17-21(27-22)19-28-13-11-25(12-14-28)23(31)29(15-16-33-2)24(32)30(25)18-20-8-6-5-7-9-20/h5-9,17H,3-4,10-16,18-19H2,1-2H3,(H,26,27). The smallest absolute Gasteiger partial charge is 0.328 e. The van der Waals surface area contributed by atoms with Gasteiger partial charge in [-0.05, 0) is 24.8 Å². The Labute approximate surface area is 195 Å². The number of piperidine rings is 1. The number of hydrogen-bond donors (Lipinski definition) is 1. The number of aromatic amines is 1. The maximum absolute atomic E-state index is 13.5. The molecule has 2 aromatic rings. The third-order valence-corrected chi connectivity index (χ3v) is 6.85. The Hall–Kier alpha value is -2.71. The van der Waals surface area contributed by atoms with E-state index in [1.54, 1.807) is 12.0 Å². The highest BCUT2D eigenvalue weighted by molar-refractivity contribution is 6.07. The van der Waals surface area contributed by atoms with Crippen LogP contribution < -0.4 is 0 Å².